The molecule has 18 heavy (non-hydrogen) atoms. The predicted octanol–water partition coefficient (Wildman–Crippen LogP) is 2.43. The van der Waals surface area contributed by atoms with Gasteiger partial charge in [-0.3, -0.25) is 4.79 Å². The summed E-state index contributed by atoms with van der Waals surface area (Å²) in [5.41, 5.74) is 0.0420. The van der Waals surface area contributed by atoms with Crippen LogP contribution >= 0.6 is 11.8 Å². The van der Waals surface area contributed by atoms with Crippen molar-refractivity contribution >= 4 is 17.5 Å². The number of carbonyl (C=O) groups excluding carboxylic acids is 1. The van der Waals surface area contributed by atoms with Crippen LogP contribution in [0, 0.1) is 5.92 Å². The fourth-order valence-electron chi connectivity index (χ4n) is 3.55. The molecule has 2 saturated heterocycles. The first-order chi connectivity index (χ1) is 8.79. The van der Waals surface area contributed by atoms with Gasteiger partial charge >= 0.3 is 0 Å². The first kappa shape index (κ1) is 12.9. The molecule has 1 saturated carbocycles. The Labute approximate surface area is 113 Å². The Bertz CT molecular complexity index is 306. The van der Waals surface area contributed by atoms with E-state index in [1.807, 2.05) is 11.8 Å². The number of ketones is 1. The molecule has 3 aliphatic rings. The van der Waals surface area contributed by atoms with Gasteiger partial charge < -0.3 is 9.47 Å². The number of Topliss-reactive ketones (excluding diaryl/α,β-unsaturated/α-hetero) is 1. The van der Waals surface area contributed by atoms with Crippen LogP contribution in [0.2, 0.25) is 0 Å². The van der Waals surface area contributed by atoms with Crippen molar-refractivity contribution in [2.24, 2.45) is 5.92 Å². The zero-order valence-electron chi connectivity index (χ0n) is 10.9. The molecule has 2 atom stereocenters. The van der Waals surface area contributed by atoms with Gasteiger partial charge in [0.05, 0.1) is 12.2 Å². The fourth-order valence-corrected chi connectivity index (χ4v) is 4.41. The Balaban J connectivity index is 1.62. The Hall–Kier alpha value is -0.0600. The summed E-state index contributed by atoms with van der Waals surface area (Å²) in [6, 6.07) is 0. The van der Waals surface area contributed by atoms with Crippen LogP contribution < -0.4 is 0 Å². The van der Waals surface area contributed by atoms with Gasteiger partial charge in [-0.05, 0) is 25.7 Å². The van der Waals surface area contributed by atoms with Gasteiger partial charge in [-0.25, -0.2) is 0 Å². The number of ether oxygens (including phenoxy) is 2. The molecular formula is C14H22O3S. The molecule has 102 valence electrons. The molecule has 3 nitrogen and oxygen atoms in total. The van der Waals surface area contributed by atoms with Crippen LogP contribution in [0.15, 0.2) is 0 Å². The zero-order chi connectivity index (χ0) is 12.4. The molecule has 3 fully saturated rings. The van der Waals surface area contributed by atoms with E-state index in [9.17, 15) is 4.79 Å². The molecular weight excluding hydrogens is 248 g/mol. The van der Waals surface area contributed by atoms with Crippen molar-refractivity contribution in [3.05, 3.63) is 0 Å². The van der Waals surface area contributed by atoms with Crippen LogP contribution in [0.4, 0.5) is 0 Å². The number of hydrogen-bond donors (Lipinski definition) is 0. The maximum Gasteiger partial charge on any atom is 0.165 e. The van der Waals surface area contributed by atoms with Crippen LogP contribution in [0.1, 0.15) is 38.5 Å². The van der Waals surface area contributed by atoms with Gasteiger partial charge in [-0.15, -0.1) is 0 Å². The molecule has 2 heterocycles. The molecule has 0 N–H and O–H groups in total. The van der Waals surface area contributed by atoms with Crippen molar-refractivity contribution in [3.8, 4) is 0 Å². The number of thioether (sulfide) groups is 1. The van der Waals surface area contributed by atoms with Crippen molar-refractivity contribution < 1.29 is 14.3 Å². The lowest BCUT2D eigenvalue weighted by Crippen LogP contribution is -2.44. The molecule has 3 rings (SSSR count). The lowest BCUT2D eigenvalue weighted by molar-refractivity contribution is -0.145. The lowest BCUT2D eigenvalue weighted by Gasteiger charge is -2.39. The van der Waals surface area contributed by atoms with Gasteiger partial charge in [0.15, 0.2) is 5.78 Å². The molecule has 1 spiro atoms. The van der Waals surface area contributed by atoms with Gasteiger partial charge in [-0.1, -0.05) is 12.8 Å². The van der Waals surface area contributed by atoms with E-state index in [0.29, 0.717) is 5.78 Å². The van der Waals surface area contributed by atoms with Gasteiger partial charge in [-0.2, -0.15) is 11.8 Å². The van der Waals surface area contributed by atoms with E-state index in [1.54, 1.807) is 0 Å². The van der Waals surface area contributed by atoms with E-state index in [-0.39, 0.29) is 17.6 Å². The van der Waals surface area contributed by atoms with E-state index >= 15 is 0 Å². The summed E-state index contributed by atoms with van der Waals surface area (Å²) in [5.74, 6) is 2.40. The number of hydrogen-bond acceptors (Lipinski definition) is 4. The Morgan fingerprint density at radius 1 is 1.22 bits per heavy atom. The second kappa shape index (κ2) is 5.51. The van der Waals surface area contributed by atoms with Crippen LogP contribution in [-0.2, 0) is 14.3 Å². The molecule has 0 aromatic carbocycles. The Morgan fingerprint density at radius 2 is 2.06 bits per heavy atom. The molecule has 2 aliphatic heterocycles. The quantitative estimate of drug-likeness (QED) is 0.772. The highest BCUT2D eigenvalue weighted by Crippen LogP contribution is 2.42. The summed E-state index contributed by atoms with van der Waals surface area (Å²) in [6.45, 7) is 1.49. The topological polar surface area (TPSA) is 35.5 Å². The minimum atomic E-state index is -0.148. The molecule has 2 unspecified atom stereocenters. The van der Waals surface area contributed by atoms with Crippen LogP contribution in [0.3, 0.4) is 0 Å². The van der Waals surface area contributed by atoms with Crippen molar-refractivity contribution in [2.45, 2.75) is 50.2 Å². The minimum absolute atomic E-state index is 0.0420. The van der Waals surface area contributed by atoms with Gasteiger partial charge in [0.2, 0.25) is 0 Å². The molecule has 0 bridgehead atoms. The maximum absolute atomic E-state index is 12.5. The molecule has 0 aromatic rings. The monoisotopic (exact) mass is 270 g/mol. The SMILES string of the molecule is O=C(C1CCOC2(CCCC2)C1)C1CSCCO1. The van der Waals surface area contributed by atoms with Crippen LogP contribution in [0.5, 0.6) is 0 Å². The van der Waals surface area contributed by atoms with Crippen molar-refractivity contribution in [3.63, 3.8) is 0 Å². The molecule has 0 aromatic heterocycles. The second-order valence-electron chi connectivity index (χ2n) is 5.77. The zero-order valence-corrected chi connectivity index (χ0v) is 11.7. The molecule has 0 amide bonds. The molecule has 4 heteroatoms. The van der Waals surface area contributed by atoms with Crippen LogP contribution in [-0.4, -0.2) is 42.2 Å². The standard InChI is InChI=1S/C14H22O3S/c15-13(12-10-18-8-7-16-12)11-3-6-17-14(9-11)4-1-2-5-14/h11-12H,1-10H2. The third-order valence-corrected chi connectivity index (χ3v) is 5.54. The average Bonchev–Trinajstić information content (AvgIpc) is 2.87. The summed E-state index contributed by atoms with van der Waals surface area (Å²) in [5, 5.41) is 0. The summed E-state index contributed by atoms with van der Waals surface area (Å²) < 4.78 is 11.6. The van der Waals surface area contributed by atoms with Gasteiger partial charge in [0, 0.05) is 24.0 Å². The first-order valence-corrected chi connectivity index (χ1v) is 8.32. The summed E-state index contributed by atoms with van der Waals surface area (Å²) in [7, 11) is 0. The van der Waals surface area contributed by atoms with E-state index in [1.165, 1.54) is 12.8 Å². The Morgan fingerprint density at radius 3 is 2.78 bits per heavy atom. The molecule has 1 aliphatic carbocycles. The maximum atomic E-state index is 12.5. The van der Waals surface area contributed by atoms with E-state index in [0.717, 1.165) is 50.4 Å². The largest absolute Gasteiger partial charge is 0.375 e. The highest BCUT2D eigenvalue weighted by molar-refractivity contribution is 7.99. The van der Waals surface area contributed by atoms with E-state index < -0.39 is 0 Å². The summed E-state index contributed by atoms with van der Waals surface area (Å²) in [6.07, 6.45) is 6.51. The highest BCUT2D eigenvalue weighted by Gasteiger charge is 2.43. The minimum Gasteiger partial charge on any atom is -0.375 e. The molecule has 0 radical (unpaired) electrons. The number of rotatable bonds is 2. The predicted molar refractivity (Wildman–Crippen MR) is 71.9 cm³/mol. The average molecular weight is 270 g/mol. The lowest BCUT2D eigenvalue weighted by atomic mass is 9.81. The Kier molecular flexibility index (Phi) is 3.97. The first-order valence-electron chi connectivity index (χ1n) is 7.16. The van der Waals surface area contributed by atoms with Crippen molar-refractivity contribution in [1.29, 1.82) is 0 Å². The summed E-state index contributed by atoms with van der Waals surface area (Å²) >= 11 is 1.84. The van der Waals surface area contributed by atoms with Gasteiger partial charge in [0.1, 0.15) is 6.10 Å². The van der Waals surface area contributed by atoms with Crippen molar-refractivity contribution in [1.82, 2.24) is 0 Å². The van der Waals surface area contributed by atoms with Gasteiger partial charge in [0.25, 0.3) is 0 Å². The smallest absolute Gasteiger partial charge is 0.165 e. The van der Waals surface area contributed by atoms with E-state index in [2.05, 4.69) is 0 Å². The second-order valence-corrected chi connectivity index (χ2v) is 6.91. The summed E-state index contributed by atoms with van der Waals surface area (Å²) in [4.78, 5) is 12.5. The van der Waals surface area contributed by atoms with E-state index in [4.69, 9.17) is 9.47 Å². The fraction of sp³-hybridized carbons (Fsp3) is 0.929. The highest BCUT2D eigenvalue weighted by atomic mass is 32.2. The third-order valence-electron chi connectivity index (χ3n) is 4.54. The third kappa shape index (κ3) is 2.61. The van der Waals surface area contributed by atoms with Crippen molar-refractivity contribution in [2.75, 3.05) is 24.7 Å². The normalized spacial score (nSPS) is 35.8. The van der Waals surface area contributed by atoms with Crippen LogP contribution in [0.25, 0.3) is 0 Å². The number of carbonyl (C=O) groups is 1.